The lowest BCUT2D eigenvalue weighted by atomic mass is 10.0. The number of alkyl halides is 3. The Kier molecular flexibility index (Phi) is 4.30. The first-order chi connectivity index (χ1) is 11.8. The molecule has 0 fully saturated rings. The summed E-state index contributed by atoms with van der Waals surface area (Å²) in [5, 5.41) is 9.07. The summed E-state index contributed by atoms with van der Waals surface area (Å²) in [5.74, 6) is -1.69. The number of hydrogen-bond acceptors (Lipinski definition) is 4. The zero-order valence-corrected chi connectivity index (χ0v) is 13.0. The predicted octanol–water partition coefficient (Wildman–Crippen LogP) is 4.32. The molecule has 2 aromatic rings. The third-order valence-electron chi connectivity index (χ3n) is 3.30. The first-order valence-electron chi connectivity index (χ1n) is 6.86. The van der Waals surface area contributed by atoms with Crippen molar-refractivity contribution in [2.24, 2.45) is 0 Å². The maximum Gasteiger partial charge on any atom is 0.430 e. The molecule has 25 heavy (non-hydrogen) atoms. The second kappa shape index (κ2) is 6.29. The van der Waals surface area contributed by atoms with Crippen LogP contribution in [-0.2, 0) is 4.79 Å². The van der Waals surface area contributed by atoms with E-state index < -0.39 is 23.8 Å². The average molecular weight is 372 g/mol. The van der Waals surface area contributed by atoms with Crippen molar-refractivity contribution in [3.8, 4) is 17.4 Å². The average Bonchev–Trinajstić information content (AvgIpc) is 2.54. The summed E-state index contributed by atoms with van der Waals surface area (Å²) in [6.45, 7) is 0. The second-order valence-corrected chi connectivity index (χ2v) is 5.44. The van der Waals surface area contributed by atoms with Gasteiger partial charge in [-0.05, 0) is 18.2 Å². The Morgan fingerprint density at radius 3 is 2.68 bits per heavy atom. The number of hydrogen-bond donors (Lipinski definition) is 1. The number of carboxylic acid groups (broad SMARTS) is 1. The van der Waals surface area contributed by atoms with E-state index in [-0.39, 0.29) is 28.0 Å². The lowest BCUT2D eigenvalue weighted by Crippen LogP contribution is -2.40. The van der Waals surface area contributed by atoms with E-state index in [0.29, 0.717) is 0 Å². The fraction of sp³-hybridized carbons (Fsp3) is 0.125. The Morgan fingerprint density at radius 1 is 1.32 bits per heavy atom. The van der Waals surface area contributed by atoms with Gasteiger partial charge in [0.15, 0.2) is 5.75 Å². The molecular weight excluding hydrogens is 363 g/mol. The van der Waals surface area contributed by atoms with Gasteiger partial charge < -0.3 is 14.6 Å². The van der Waals surface area contributed by atoms with Gasteiger partial charge in [-0.1, -0.05) is 17.7 Å². The molecule has 0 radical (unpaired) electrons. The van der Waals surface area contributed by atoms with Crippen LogP contribution in [-0.4, -0.2) is 28.3 Å². The fourth-order valence-corrected chi connectivity index (χ4v) is 2.42. The topological polar surface area (TPSA) is 68.7 Å². The van der Waals surface area contributed by atoms with Gasteiger partial charge in [0.1, 0.15) is 5.75 Å². The fourth-order valence-electron chi connectivity index (χ4n) is 2.21. The lowest BCUT2D eigenvalue weighted by molar-refractivity contribution is -0.187. The largest absolute Gasteiger partial charge is 0.478 e. The van der Waals surface area contributed by atoms with Crippen LogP contribution in [0.2, 0.25) is 5.02 Å². The molecule has 0 aliphatic carbocycles. The Balaban J connectivity index is 2.02. The maximum absolute atomic E-state index is 13.1. The molecule has 130 valence electrons. The molecule has 1 aliphatic heterocycles. The van der Waals surface area contributed by atoms with Gasteiger partial charge in [-0.15, -0.1) is 0 Å². The van der Waals surface area contributed by atoms with Crippen LogP contribution in [0, 0.1) is 0 Å². The Labute approximate surface area is 144 Å². The first-order valence-corrected chi connectivity index (χ1v) is 7.24. The van der Waals surface area contributed by atoms with Gasteiger partial charge in [0, 0.05) is 23.9 Å². The Bertz CT molecular complexity index is 852. The molecule has 9 heteroatoms. The highest BCUT2D eigenvalue weighted by atomic mass is 35.5. The Morgan fingerprint density at radius 2 is 2.08 bits per heavy atom. The zero-order valence-electron chi connectivity index (χ0n) is 12.2. The zero-order chi connectivity index (χ0) is 18.2. The number of pyridine rings is 1. The van der Waals surface area contributed by atoms with Crippen molar-refractivity contribution < 1.29 is 32.5 Å². The highest BCUT2D eigenvalue weighted by molar-refractivity contribution is 6.32. The van der Waals surface area contributed by atoms with E-state index in [1.54, 1.807) is 12.1 Å². The van der Waals surface area contributed by atoms with Crippen molar-refractivity contribution in [2.75, 3.05) is 0 Å². The summed E-state index contributed by atoms with van der Waals surface area (Å²) in [5.41, 5.74) is -0.814. The minimum absolute atomic E-state index is 0.0345. The minimum Gasteiger partial charge on any atom is -0.478 e. The molecule has 0 saturated carbocycles. The summed E-state index contributed by atoms with van der Waals surface area (Å²) < 4.78 is 49.5. The van der Waals surface area contributed by atoms with E-state index in [1.807, 2.05) is 0 Å². The van der Waals surface area contributed by atoms with Crippen molar-refractivity contribution in [3.63, 3.8) is 0 Å². The molecule has 1 N–H and O–H groups in total. The van der Waals surface area contributed by atoms with Crippen molar-refractivity contribution in [2.45, 2.75) is 12.3 Å². The molecular formula is C16H9ClF3NO4. The number of benzene rings is 1. The van der Waals surface area contributed by atoms with Gasteiger partial charge in [-0.25, -0.2) is 9.78 Å². The number of carbonyl (C=O) groups is 1. The summed E-state index contributed by atoms with van der Waals surface area (Å²) in [7, 11) is 0. The summed E-state index contributed by atoms with van der Waals surface area (Å²) in [4.78, 5) is 15.0. The number of fused-ring (bicyclic) bond motifs is 1. The maximum atomic E-state index is 13.1. The third-order valence-corrected chi connectivity index (χ3v) is 3.59. The van der Waals surface area contributed by atoms with Crippen LogP contribution in [0.3, 0.4) is 0 Å². The number of carboxylic acids is 1. The summed E-state index contributed by atoms with van der Waals surface area (Å²) in [6, 6.07) is 7.30. The molecule has 1 aromatic heterocycles. The molecule has 3 rings (SSSR count). The number of aromatic nitrogens is 1. The molecule has 0 spiro atoms. The van der Waals surface area contributed by atoms with Crippen molar-refractivity contribution in [3.05, 3.63) is 52.7 Å². The van der Waals surface area contributed by atoms with Crippen LogP contribution in [0.15, 0.2) is 42.1 Å². The van der Waals surface area contributed by atoms with E-state index in [1.165, 1.54) is 24.4 Å². The SMILES string of the molecule is O=C(O)C1=Cc2cc(Cl)c(Oc3ccccn3)cc2O[C@@H]1C(F)(F)F. The van der Waals surface area contributed by atoms with Gasteiger partial charge in [0.2, 0.25) is 12.0 Å². The first kappa shape index (κ1) is 17.1. The molecule has 1 atom stereocenters. The van der Waals surface area contributed by atoms with Crippen molar-refractivity contribution >= 4 is 23.6 Å². The number of rotatable bonds is 3. The highest BCUT2D eigenvalue weighted by Gasteiger charge is 2.48. The number of nitrogens with zero attached hydrogens (tertiary/aromatic N) is 1. The minimum atomic E-state index is -4.89. The quantitative estimate of drug-likeness (QED) is 0.870. The molecule has 2 heterocycles. The van der Waals surface area contributed by atoms with Gasteiger partial charge in [0.05, 0.1) is 10.6 Å². The third kappa shape index (κ3) is 3.53. The molecule has 5 nitrogen and oxygen atoms in total. The van der Waals surface area contributed by atoms with Crippen LogP contribution in [0.25, 0.3) is 6.08 Å². The molecule has 0 saturated heterocycles. The van der Waals surface area contributed by atoms with E-state index >= 15 is 0 Å². The summed E-state index contributed by atoms with van der Waals surface area (Å²) in [6.07, 6.45) is -5.11. The summed E-state index contributed by atoms with van der Waals surface area (Å²) >= 11 is 6.06. The van der Waals surface area contributed by atoms with Gasteiger partial charge in [0.25, 0.3) is 0 Å². The van der Waals surface area contributed by atoms with E-state index in [2.05, 4.69) is 4.98 Å². The number of aliphatic carboxylic acids is 1. The van der Waals surface area contributed by atoms with Gasteiger partial charge in [-0.3, -0.25) is 0 Å². The van der Waals surface area contributed by atoms with Crippen molar-refractivity contribution in [1.82, 2.24) is 4.98 Å². The molecule has 1 aromatic carbocycles. The van der Waals surface area contributed by atoms with Crippen LogP contribution in [0.4, 0.5) is 13.2 Å². The normalized spacial score (nSPS) is 16.5. The smallest absolute Gasteiger partial charge is 0.430 e. The van der Waals surface area contributed by atoms with Crippen LogP contribution >= 0.6 is 11.6 Å². The molecule has 1 aliphatic rings. The monoisotopic (exact) mass is 371 g/mol. The molecule has 0 unspecified atom stereocenters. The van der Waals surface area contributed by atoms with Gasteiger partial charge in [-0.2, -0.15) is 13.2 Å². The predicted molar refractivity (Wildman–Crippen MR) is 81.8 cm³/mol. The van der Waals surface area contributed by atoms with Gasteiger partial charge >= 0.3 is 12.1 Å². The molecule has 0 amide bonds. The van der Waals surface area contributed by atoms with E-state index in [4.69, 9.17) is 26.2 Å². The van der Waals surface area contributed by atoms with E-state index in [0.717, 1.165) is 6.08 Å². The van der Waals surface area contributed by atoms with Crippen LogP contribution in [0.5, 0.6) is 17.4 Å². The molecule has 0 bridgehead atoms. The van der Waals surface area contributed by atoms with Crippen molar-refractivity contribution in [1.29, 1.82) is 0 Å². The second-order valence-electron chi connectivity index (χ2n) is 5.03. The highest BCUT2D eigenvalue weighted by Crippen LogP contribution is 2.42. The lowest BCUT2D eigenvalue weighted by Gasteiger charge is -2.27. The standard InChI is InChI=1S/C16H9ClF3NO4/c17-10-6-8-5-9(15(22)23)14(16(18,19)20)25-11(8)7-12(10)24-13-3-1-2-4-21-13/h1-7,14H,(H,22,23)/t14-/m0/s1. The van der Waals surface area contributed by atoms with Crippen LogP contribution in [0.1, 0.15) is 5.56 Å². The van der Waals surface area contributed by atoms with Crippen LogP contribution < -0.4 is 9.47 Å². The Hall–Kier alpha value is -2.74. The van der Waals surface area contributed by atoms with E-state index in [9.17, 15) is 18.0 Å². The number of ether oxygens (including phenoxy) is 2. The number of halogens is 4.